The van der Waals surface area contributed by atoms with Gasteiger partial charge in [-0.1, -0.05) is 0 Å². The van der Waals surface area contributed by atoms with E-state index in [9.17, 15) is 4.79 Å². The average Bonchev–Trinajstić information content (AvgIpc) is 2.48. The maximum atomic E-state index is 10.2. The van der Waals surface area contributed by atoms with Crippen molar-refractivity contribution >= 4 is 17.7 Å². The van der Waals surface area contributed by atoms with E-state index in [1.54, 1.807) is 0 Å². The molecule has 0 aromatic carbocycles. The molecule has 1 heterocycles. The Morgan fingerprint density at radius 2 is 2.56 bits per heavy atom. The first kappa shape index (κ1) is 6.89. The molecular formula is C5H9NO2S. The Labute approximate surface area is 57.9 Å². The molecule has 1 fully saturated rings. The molecule has 4 heteroatoms. The van der Waals surface area contributed by atoms with Crippen LogP contribution >= 0.6 is 11.8 Å². The number of hydrogen-bond acceptors (Lipinski definition) is 3. The number of carbonyl (C=O) groups excluding carboxylic acids is 1. The van der Waals surface area contributed by atoms with E-state index < -0.39 is 0 Å². The summed E-state index contributed by atoms with van der Waals surface area (Å²) in [6.07, 6.45) is 0.398. The third-order valence-electron chi connectivity index (χ3n) is 0.950. The molecular weight excluding hydrogens is 138 g/mol. The molecule has 0 saturated carbocycles. The number of hydrogen-bond donors (Lipinski definition) is 1. The summed E-state index contributed by atoms with van der Waals surface area (Å²) in [7, 11) is 0. The fourth-order valence-corrected chi connectivity index (χ4v) is 1.23. The highest BCUT2D eigenvalue weighted by Gasteiger charge is 2.21. The molecule has 1 saturated heterocycles. The Balaban J connectivity index is 1.86. The summed E-state index contributed by atoms with van der Waals surface area (Å²) in [4.78, 5) is 10.2. The molecule has 1 atom stereocenters. The second-order valence-electron chi connectivity index (χ2n) is 1.94. The molecule has 1 aliphatic rings. The minimum absolute atomic E-state index is 0.249. The van der Waals surface area contributed by atoms with E-state index in [4.69, 9.17) is 10.5 Å². The molecule has 0 unspecified atom stereocenters. The summed E-state index contributed by atoms with van der Waals surface area (Å²) in [6, 6.07) is 0. The second-order valence-corrected chi connectivity index (χ2v) is 2.97. The predicted molar refractivity (Wildman–Crippen MR) is 36.3 cm³/mol. The van der Waals surface area contributed by atoms with Gasteiger partial charge in [-0.3, -0.25) is 4.79 Å². The highest BCUT2D eigenvalue weighted by atomic mass is 32.2. The van der Waals surface area contributed by atoms with E-state index in [0.717, 1.165) is 12.4 Å². The van der Waals surface area contributed by atoms with Crippen LogP contribution in [0.25, 0.3) is 0 Å². The third kappa shape index (κ3) is 3.37. The zero-order chi connectivity index (χ0) is 6.69. The molecule has 1 rings (SSSR count). The smallest absolute Gasteiger partial charge is 0.227 e. The van der Waals surface area contributed by atoms with Gasteiger partial charge in [-0.2, -0.15) is 0 Å². The van der Waals surface area contributed by atoms with Gasteiger partial charge in [-0.25, -0.2) is 0 Å². The minimum Gasteiger partial charge on any atom is -0.372 e. The summed E-state index contributed by atoms with van der Waals surface area (Å²) < 4.78 is 4.92. The average molecular weight is 147 g/mol. The maximum Gasteiger partial charge on any atom is 0.227 e. The van der Waals surface area contributed by atoms with Crippen molar-refractivity contribution in [1.29, 1.82) is 0 Å². The Hall–Kier alpha value is -0.220. The van der Waals surface area contributed by atoms with Crippen LogP contribution in [0.1, 0.15) is 0 Å². The Morgan fingerprint density at radius 1 is 1.89 bits per heavy atom. The zero-order valence-corrected chi connectivity index (χ0v) is 5.82. The van der Waals surface area contributed by atoms with Crippen molar-refractivity contribution in [3.8, 4) is 0 Å². The number of thioether (sulfide) groups is 1. The van der Waals surface area contributed by atoms with Crippen LogP contribution in [0.15, 0.2) is 0 Å². The number of ether oxygens (including phenoxy) is 1. The van der Waals surface area contributed by atoms with Crippen molar-refractivity contribution in [2.75, 3.05) is 18.1 Å². The Kier molecular flexibility index (Phi) is 2.36. The van der Waals surface area contributed by atoms with Crippen LogP contribution < -0.4 is 5.73 Å². The summed E-state index contributed by atoms with van der Waals surface area (Å²) in [5.74, 6) is 1.07. The van der Waals surface area contributed by atoms with Gasteiger partial charge in [-0.15, -0.1) is 11.8 Å². The lowest BCUT2D eigenvalue weighted by Crippen LogP contribution is -2.13. The number of rotatable bonds is 4. The van der Waals surface area contributed by atoms with Gasteiger partial charge in [0, 0.05) is 5.75 Å². The van der Waals surface area contributed by atoms with Crippen LogP contribution in [0.3, 0.4) is 0 Å². The minimum atomic E-state index is -0.249. The monoisotopic (exact) mass is 147 g/mol. The van der Waals surface area contributed by atoms with Crippen LogP contribution in [0, 0.1) is 0 Å². The molecule has 0 bridgehead atoms. The van der Waals surface area contributed by atoms with Gasteiger partial charge in [-0.05, 0) is 0 Å². The van der Waals surface area contributed by atoms with E-state index in [1.165, 1.54) is 11.8 Å². The van der Waals surface area contributed by atoms with Crippen LogP contribution in [-0.4, -0.2) is 30.1 Å². The molecule has 1 amide bonds. The maximum absolute atomic E-state index is 10.2. The zero-order valence-electron chi connectivity index (χ0n) is 5.00. The van der Waals surface area contributed by atoms with Gasteiger partial charge < -0.3 is 10.5 Å². The molecule has 52 valence electrons. The Morgan fingerprint density at radius 3 is 3.00 bits per heavy atom. The van der Waals surface area contributed by atoms with Gasteiger partial charge in [0.05, 0.1) is 18.5 Å². The van der Waals surface area contributed by atoms with Crippen molar-refractivity contribution in [1.82, 2.24) is 0 Å². The number of nitrogens with two attached hydrogens (primary N) is 1. The van der Waals surface area contributed by atoms with Crippen molar-refractivity contribution in [3.05, 3.63) is 0 Å². The van der Waals surface area contributed by atoms with Gasteiger partial charge in [0.25, 0.3) is 0 Å². The van der Waals surface area contributed by atoms with E-state index in [1.807, 2.05) is 0 Å². The van der Waals surface area contributed by atoms with Crippen LogP contribution in [0.5, 0.6) is 0 Å². The number of amides is 1. The molecule has 0 radical (unpaired) electrons. The highest BCUT2D eigenvalue weighted by molar-refractivity contribution is 8.00. The molecule has 0 aromatic rings. The number of primary amides is 1. The SMILES string of the molecule is NC(=O)CSC[C@H]1CO1. The van der Waals surface area contributed by atoms with Crippen LogP contribution in [-0.2, 0) is 9.53 Å². The topological polar surface area (TPSA) is 55.6 Å². The van der Waals surface area contributed by atoms with Crippen LogP contribution in [0.4, 0.5) is 0 Å². The van der Waals surface area contributed by atoms with Crippen LogP contribution in [0.2, 0.25) is 0 Å². The first-order chi connectivity index (χ1) is 4.29. The van der Waals surface area contributed by atoms with Gasteiger partial charge in [0.1, 0.15) is 0 Å². The first-order valence-corrected chi connectivity index (χ1v) is 3.92. The third-order valence-corrected chi connectivity index (χ3v) is 2.05. The second kappa shape index (κ2) is 3.08. The molecule has 0 aliphatic carbocycles. The summed E-state index contributed by atoms with van der Waals surface area (Å²) in [5.41, 5.74) is 4.90. The van der Waals surface area contributed by atoms with Gasteiger partial charge >= 0.3 is 0 Å². The number of carbonyl (C=O) groups is 1. The molecule has 0 aromatic heterocycles. The Bertz CT molecular complexity index is 114. The van der Waals surface area contributed by atoms with E-state index in [2.05, 4.69) is 0 Å². The van der Waals surface area contributed by atoms with Gasteiger partial charge in [0.2, 0.25) is 5.91 Å². The quantitative estimate of drug-likeness (QED) is 0.551. The first-order valence-electron chi connectivity index (χ1n) is 2.76. The predicted octanol–water partition coefficient (Wildman–Crippen LogP) is -0.396. The molecule has 2 N–H and O–H groups in total. The summed E-state index contributed by atoms with van der Waals surface area (Å²) in [6.45, 7) is 0.853. The van der Waals surface area contributed by atoms with Crippen molar-refractivity contribution in [3.63, 3.8) is 0 Å². The largest absolute Gasteiger partial charge is 0.372 e. The van der Waals surface area contributed by atoms with Crippen molar-refractivity contribution in [2.24, 2.45) is 5.73 Å². The molecule has 1 aliphatic heterocycles. The summed E-state index contributed by atoms with van der Waals surface area (Å²) >= 11 is 1.53. The van der Waals surface area contributed by atoms with E-state index in [0.29, 0.717) is 11.9 Å². The molecule has 3 nitrogen and oxygen atoms in total. The fourth-order valence-electron chi connectivity index (χ4n) is 0.455. The summed E-state index contributed by atoms with van der Waals surface area (Å²) in [5, 5.41) is 0. The highest BCUT2D eigenvalue weighted by Crippen LogP contribution is 2.14. The lowest BCUT2D eigenvalue weighted by atomic mass is 10.6. The lowest BCUT2D eigenvalue weighted by Gasteiger charge is -1.91. The van der Waals surface area contributed by atoms with Crippen molar-refractivity contribution in [2.45, 2.75) is 6.10 Å². The normalized spacial score (nSPS) is 23.8. The van der Waals surface area contributed by atoms with E-state index >= 15 is 0 Å². The standard InChI is InChI=1S/C5H9NO2S/c6-5(7)3-9-2-4-1-8-4/h4H,1-3H2,(H2,6,7)/t4-/m1/s1. The van der Waals surface area contributed by atoms with Gasteiger partial charge in [0.15, 0.2) is 0 Å². The lowest BCUT2D eigenvalue weighted by molar-refractivity contribution is -0.115. The van der Waals surface area contributed by atoms with E-state index in [-0.39, 0.29) is 5.91 Å². The van der Waals surface area contributed by atoms with Crippen molar-refractivity contribution < 1.29 is 9.53 Å². The fraction of sp³-hybridized carbons (Fsp3) is 0.800. The molecule has 0 spiro atoms. The number of epoxide rings is 1. The molecule has 9 heavy (non-hydrogen) atoms.